The van der Waals surface area contributed by atoms with Gasteiger partial charge in [-0.1, -0.05) is 5.21 Å². The van der Waals surface area contributed by atoms with Crippen LogP contribution in [0.4, 0.5) is 0 Å². The molecule has 0 atom stereocenters. The third-order valence-corrected chi connectivity index (χ3v) is 3.96. The van der Waals surface area contributed by atoms with Gasteiger partial charge in [-0.05, 0) is 6.07 Å². The summed E-state index contributed by atoms with van der Waals surface area (Å²) in [6, 6.07) is 1.84. The van der Waals surface area contributed by atoms with Gasteiger partial charge in [0.05, 0.1) is 25.3 Å². The number of carbonyl (C=O) groups is 1. The Bertz CT molecular complexity index is 624. The molecule has 1 saturated heterocycles. The highest BCUT2D eigenvalue weighted by atomic mass is 35.5. The fourth-order valence-corrected chi connectivity index (χ4v) is 2.61. The molecule has 0 spiro atoms. The van der Waals surface area contributed by atoms with E-state index in [1.807, 2.05) is 6.07 Å². The predicted molar refractivity (Wildman–Crippen MR) is 91.1 cm³/mol. The van der Waals surface area contributed by atoms with Gasteiger partial charge in [-0.2, -0.15) is 0 Å². The van der Waals surface area contributed by atoms with Crippen LogP contribution in [-0.2, 0) is 13.1 Å². The molecule has 1 amide bonds. The van der Waals surface area contributed by atoms with Crippen molar-refractivity contribution in [1.29, 1.82) is 0 Å². The number of furan rings is 1. The molecule has 24 heavy (non-hydrogen) atoms. The number of nitrogens with zero attached hydrogens (tertiary/aromatic N) is 5. The number of nitrogens with one attached hydrogen (secondary N) is 1. The van der Waals surface area contributed by atoms with Crippen molar-refractivity contribution < 1.29 is 9.21 Å². The van der Waals surface area contributed by atoms with Crippen LogP contribution in [0.3, 0.4) is 0 Å². The first-order valence-electron chi connectivity index (χ1n) is 7.82. The fourth-order valence-electron chi connectivity index (χ4n) is 2.61. The zero-order chi connectivity index (χ0) is 16.1. The Morgan fingerprint density at radius 1 is 1.38 bits per heavy atom. The molecule has 3 heterocycles. The zero-order valence-electron chi connectivity index (χ0n) is 13.7. The first-order valence-corrected chi connectivity index (χ1v) is 7.82. The lowest BCUT2D eigenvalue weighted by atomic mass is 10.3. The van der Waals surface area contributed by atoms with Gasteiger partial charge in [0.1, 0.15) is 0 Å². The normalized spacial score (nSPS) is 15.0. The van der Waals surface area contributed by atoms with Gasteiger partial charge in [-0.25, -0.2) is 0 Å². The summed E-state index contributed by atoms with van der Waals surface area (Å²) in [5.41, 5.74) is 1.32. The second kappa shape index (κ2) is 8.81. The first-order chi connectivity index (χ1) is 11.2. The Morgan fingerprint density at radius 2 is 2.17 bits per heavy atom. The molecule has 0 unspecified atom stereocenters. The molecule has 0 radical (unpaired) electrons. The van der Waals surface area contributed by atoms with E-state index in [9.17, 15) is 4.79 Å². The van der Waals surface area contributed by atoms with Crippen LogP contribution in [0.5, 0.6) is 0 Å². The van der Waals surface area contributed by atoms with Crippen LogP contribution in [0.2, 0.25) is 0 Å². The van der Waals surface area contributed by atoms with Gasteiger partial charge in [-0.15, -0.1) is 17.5 Å². The van der Waals surface area contributed by atoms with Gasteiger partial charge in [0.25, 0.3) is 5.91 Å². The number of aromatic nitrogens is 3. The monoisotopic (exact) mass is 354 g/mol. The second-order valence-corrected chi connectivity index (χ2v) is 5.75. The van der Waals surface area contributed by atoms with Crippen LogP contribution < -0.4 is 5.32 Å². The fraction of sp³-hybridized carbons (Fsp3) is 0.533. The number of hydrogen-bond donors (Lipinski definition) is 1. The number of hydrogen-bond acceptors (Lipinski definition) is 6. The molecule has 3 rings (SSSR count). The minimum atomic E-state index is -0.139. The van der Waals surface area contributed by atoms with Crippen LogP contribution >= 0.6 is 12.4 Å². The summed E-state index contributed by atoms with van der Waals surface area (Å²) >= 11 is 0. The highest BCUT2D eigenvalue weighted by molar-refractivity contribution is 5.91. The van der Waals surface area contributed by atoms with E-state index in [2.05, 4.69) is 20.5 Å². The first kappa shape index (κ1) is 18.4. The summed E-state index contributed by atoms with van der Waals surface area (Å²) in [6.45, 7) is 6.31. The van der Waals surface area contributed by atoms with Crippen molar-refractivity contribution in [2.24, 2.45) is 0 Å². The molecule has 0 saturated carbocycles. The van der Waals surface area contributed by atoms with Crippen molar-refractivity contribution in [2.75, 3.05) is 39.8 Å². The van der Waals surface area contributed by atoms with Crippen molar-refractivity contribution in [3.8, 4) is 0 Å². The Morgan fingerprint density at radius 3 is 2.88 bits per heavy atom. The minimum absolute atomic E-state index is 0. The SMILES string of the molecule is CN(Cc1ccoc1)C(=O)c1cn(CCN2CCNCC2)nn1.Cl. The molecule has 1 aliphatic rings. The molecule has 9 heteroatoms. The predicted octanol–water partition coefficient (Wildman–Crippen LogP) is 0.470. The van der Waals surface area contributed by atoms with E-state index in [0.29, 0.717) is 12.2 Å². The molecular weight excluding hydrogens is 332 g/mol. The van der Waals surface area contributed by atoms with Crippen molar-refractivity contribution >= 4 is 18.3 Å². The molecule has 0 aromatic carbocycles. The van der Waals surface area contributed by atoms with Gasteiger partial charge in [0.15, 0.2) is 5.69 Å². The van der Waals surface area contributed by atoms with E-state index >= 15 is 0 Å². The molecule has 132 valence electrons. The van der Waals surface area contributed by atoms with Crippen molar-refractivity contribution in [3.63, 3.8) is 0 Å². The van der Waals surface area contributed by atoms with Crippen LogP contribution in [0.1, 0.15) is 16.1 Å². The van der Waals surface area contributed by atoms with Crippen LogP contribution in [0.25, 0.3) is 0 Å². The largest absolute Gasteiger partial charge is 0.472 e. The second-order valence-electron chi connectivity index (χ2n) is 5.75. The topological polar surface area (TPSA) is 79.4 Å². The number of rotatable bonds is 6. The summed E-state index contributed by atoms with van der Waals surface area (Å²) in [6.07, 6.45) is 4.95. The molecule has 0 aliphatic carbocycles. The van der Waals surface area contributed by atoms with E-state index < -0.39 is 0 Å². The highest BCUT2D eigenvalue weighted by Gasteiger charge is 2.17. The maximum atomic E-state index is 12.4. The number of amides is 1. The van der Waals surface area contributed by atoms with Crippen molar-refractivity contribution in [1.82, 2.24) is 30.1 Å². The van der Waals surface area contributed by atoms with Gasteiger partial charge in [0, 0.05) is 51.9 Å². The Kier molecular flexibility index (Phi) is 6.77. The standard InChI is InChI=1S/C15H22N6O2.ClH/c1-19(10-13-2-9-23-12-13)15(22)14-11-21(18-17-14)8-7-20-5-3-16-4-6-20;/h2,9,11-12,16H,3-8,10H2,1H3;1H. The third kappa shape index (κ3) is 4.80. The molecule has 2 aromatic heterocycles. The van der Waals surface area contributed by atoms with Gasteiger partial charge in [-0.3, -0.25) is 14.4 Å². The summed E-state index contributed by atoms with van der Waals surface area (Å²) in [4.78, 5) is 16.3. The summed E-state index contributed by atoms with van der Waals surface area (Å²) in [5, 5.41) is 11.4. The average Bonchev–Trinajstić information content (AvgIpc) is 3.25. The molecule has 1 fully saturated rings. The van der Waals surface area contributed by atoms with Crippen molar-refractivity contribution in [3.05, 3.63) is 36.0 Å². The lowest BCUT2D eigenvalue weighted by Gasteiger charge is -2.26. The lowest BCUT2D eigenvalue weighted by Crippen LogP contribution is -2.44. The summed E-state index contributed by atoms with van der Waals surface area (Å²) < 4.78 is 6.75. The number of piperazine rings is 1. The van der Waals surface area contributed by atoms with Crippen molar-refractivity contribution in [2.45, 2.75) is 13.1 Å². The number of halogens is 1. The lowest BCUT2D eigenvalue weighted by molar-refractivity contribution is 0.0779. The Hall–Kier alpha value is -1.90. The van der Waals surface area contributed by atoms with Gasteiger partial charge < -0.3 is 14.6 Å². The molecule has 1 N–H and O–H groups in total. The van der Waals surface area contributed by atoms with E-state index in [1.54, 1.807) is 35.4 Å². The van der Waals surface area contributed by atoms with E-state index in [1.165, 1.54) is 0 Å². The van der Waals surface area contributed by atoms with Gasteiger partial charge >= 0.3 is 0 Å². The van der Waals surface area contributed by atoms with Gasteiger partial charge in [0.2, 0.25) is 0 Å². The maximum absolute atomic E-state index is 12.4. The van der Waals surface area contributed by atoms with E-state index in [0.717, 1.165) is 44.8 Å². The third-order valence-electron chi connectivity index (χ3n) is 3.96. The molecule has 1 aliphatic heterocycles. The smallest absolute Gasteiger partial charge is 0.276 e. The maximum Gasteiger partial charge on any atom is 0.276 e. The minimum Gasteiger partial charge on any atom is -0.472 e. The summed E-state index contributed by atoms with van der Waals surface area (Å²) in [7, 11) is 1.75. The highest BCUT2D eigenvalue weighted by Crippen LogP contribution is 2.07. The molecule has 2 aromatic rings. The van der Waals surface area contributed by atoms with Crippen LogP contribution in [0, 0.1) is 0 Å². The van der Waals surface area contributed by atoms with E-state index in [-0.39, 0.29) is 18.3 Å². The molecular formula is C15H23ClN6O2. The summed E-state index contributed by atoms with van der Waals surface area (Å²) in [5.74, 6) is -0.139. The van der Waals surface area contributed by atoms with E-state index in [4.69, 9.17) is 4.42 Å². The quantitative estimate of drug-likeness (QED) is 0.812. The average molecular weight is 355 g/mol. The zero-order valence-corrected chi connectivity index (χ0v) is 14.5. The molecule has 0 bridgehead atoms. The Balaban J connectivity index is 0.00000208. The van der Waals surface area contributed by atoms with Crippen LogP contribution in [-0.4, -0.2) is 70.5 Å². The Labute approximate surface area is 147 Å². The molecule has 8 nitrogen and oxygen atoms in total. The number of carbonyl (C=O) groups excluding carboxylic acids is 1. The van der Waals surface area contributed by atoms with Crippen LogP contribution in [0.15, 0.2) is 29.2 Å².